The van der Waals surface area contributed by atoms with E-state index in [1.54, 1.807) is 17.4 Å². The van der Waals surface area contributed by atoms with Crippen LogP contribution in [0.1, 0.15) is 28.8 Å². The van der Waals surface area contributed by atoms with E-state index in [4.69, 9.17) is 4.42 Å². The van der Waals surface area contributed by atoms with E-state index in [9.17, 15) is 4.79 Å². The molecule has 0 amide bonds. The summed E-state index contributed by atoms with van der Waals surface area (Å²) in [7, 11) is 0. The van der Waals surface area contributed by atoms with Crippen molar-refractivity contribution in [2.75, 3.05) is 0 Å². The minimum absolute atomic E-state index is 0.0335. The number of hydrogen-bond acceptors (Lipinski definition) is 3. The molecule has 0 saturated carbocycles. The van der Waals surface area contributed by atoms with Crippen LogP contribution >= 0.6 is 33.9 Å². The molecular formula is C11H9IO2S. The molecule has 0 atom stereocenters. The third-order valence-corrected chi connectivity index (χ3v) is 3.85. The zero-order chi connectivity index (χ0) is 10.8. The molecule has 0 N–H and O–H groups in total. The highest BCUT2D eigenvalue weighted by Crippen LogP contribution is 2.20. The summed E-state index contributed by atoms with van der Waals surface area (Å²) in [6.45, 7) is 2.00. The quantitative estimate of drug-likeness (QED) is 0.633. The normalized spacial score (nSPS) is 10.5. The van der Waals surface area contributed by atoms with E-state index in [0.717, 1.165) is 15.1 Å². The fourth-order valence-corrected chi connectivity index (χ4v) is 2.59. The molecule has 0 aliphatic heterocycles. The predicted octanol–water partition coefficient (Wildman–Crippen LogP) is 3.74. The second-order valence-electron chi connectivity index (χ2n) is 3.09. The molecule has 78 valence electrons. The number of carbonyl (C=O) groups is 1. The highest BCUT2D eigenvalue weighted by Gasteiger charge is 2.14. The van der Waals surface area contributed by atoms with Gasteiger partial charge in [-0.15, -0.1) is 11.3 Å². The van der Waals surface area contributed by atoms with Gasteiger partial charge in [0.1, 0.15) is 5.76 Å². The highest BCUT2D eigenvalue weighted by molar-refractivity contribution is 14.1. The van der Waals surface area contributed by atoms with Gasteiger partial charge in [-0.3, -0.25) is 4.79 Å². The van der Waals surface area contributed by atoms with Crippen molar-refractivity contribution in [1.82, 2.24) is 0 Å². The van der Waals surface area contributed by atoms with Gasteiger partial charge >= 0.3 is 0 Å². The number of aryl methyl sites for hydroxylation is 1. The van der Waals surface area contributed by atoms with E-state index < -0.39 is 0 Å². The maximum absolute atomic E-state index is 11.9. The molecule has 2 heterocycles. The van der Waals surface area contributed by atoms with Crippen molar-refractivity contribution in [3.8, 4) is 0 Å². The molecule has 0 aliphatic rings. The molecule has 0 fully saturated rings. The van der Waals surface area contributed by atoms with E-state index in [0.29, 0.717) is 11.3 Å². The number of thiophene rings is 1. The van der Waals surface area contributed by atoms with Gasteiger partial charge in [0, 0.05) is 17.4 Å². The highest BCUT2D eigenvalue weighted by atomic mass is 127. The van der Waals surface area contributed by atoms with Gasteiger partial charge < -0.3 is 4.42 Å². The minimum atomic E-state index is -0.0335. The van der Waals surface area contributed by atoms with Crippen molar-refractivity contribution < 1.29 is 9.21 Å². The standard InChI is InChI=1S/C11H9IO2S/c1-2-8-3-4-9(14-8)11(13)7-5-10(12)15-6-7/h3-6H,2H2,1H3. The molecule has 2 aromatic rings. The SMILES string of the molecule is CCc1ccc(C(=O)c2csc(I)c2)o1. The Bertz CT molecular complexity index is 484. The Morgan fingerprint density at radius 2 is 2.33 bits per heavy atom. The lowest BCUT2D eigenvalue weighted by atomic mass is 10.2. The van der Waals surface area contributed by atoms with Gasteiger partial charge in [0.15, 0.2) is 5.76 Å². The number of rotatable bonds is 3. The fourth-order valence-electron chi connectivity index (χ4n) is 1.26. The van der Waals surface area contributed by atoms with Crippen LogP contribution in [-0.4, -0.2) is 5.78 Å². The molecule has 0 aliphatic carbocycles. The van der Waals surface area contributed by atoms with Crippen molar-refractivity contribution in [3.63, 3.8) is 0 Å². The lowest BCUT2D eigenvalue weighted by molar-refractivity contribution is 0.101. The summed E-state index contributed by atoms with van der Waals surface area (Å²) >= 11 is 3.77. The first-order valence-electron chi connectivity index (χ1n) is 4.58. The van der Waals surface area contributed by atoms with Crippen LogP contribution in [0.3, 0.4) is 0 Å². The summed E-state index contributed by atoms with van der Waals surface area (Å²) in [6.07, 6.45) is 0.814. The molecule has 0 unspecified atom stereocenters. The first-order chi connectivity index (χ1) is 7.20. The Kier molecular flexibility index (Phi) is 3.25. The minimum Gasteiger partial charge on any atom is -0.458 e. The van der Waals surface area contributed by atoms with E-state index in [-0.39, 0.29) is 5.78 Å². The summed E-state index contributed by atoms with van der Waals surface area (Å²) in [4.78, 5) is 11.9. The summed E-state index contributed by atoms with van der Waals surface area (Å²) < 4.78 is 6.52. The molecule has 15 heavy (non-hydrogen) atoms. The Balaban J connectivity index is 2.28. The summed E-state index contributed by atoms with van der Waals surface area (Å²) in [5.74, 6) is 1.25. The Labute approximate surface area is 105 Å². The first-order valence-corrected chi connectivity index (χ1v) is 6.54. The molecule has 0 aromatic carbocycles. The molecular weight excluding hydrogens is 323 g/mol. The van der Waals surface area contributed by atoms with Gasteiger partial charge in [-0.2, -0.15) is 0 Å². The number of furan rings is 1. The van der Waals surface area contributed by atoms with E-state index in [2.05, 4.69) is 22.6 Å². The van der Waals surface area contributed by atoms with Crippen molar-refractivity contribution in [3.05, 3.63) is 43.5 Å². The smallest absolute Gasteiger partial charge is 0.229 e. The number of halogens is 1. The number of carbonyl (C=O) groups excluding carboxylic acids is 1. The van der Waals surface area contributed by atoms with Gasteiger partial charge in [0.25, 0.3) is 0 Å². The Morgan fingerprint density at radius 3 is 2.87 bits per heavy atom. The van der Waals surface area contributed by atoms with Gasteiger partial charge in [0.2, 0.25) is 5.78 Å². The zero-order valence-corrected chi connectivity index (χ0v) is 11.1. The van der Waals surface area contributed by atoms with Gasteiger partial charge in [-0.05, 0) is 40.8 Å². The molecule has 0 bridgehead atoms. The molecule has 0 spiro atoms. The largest absolute Gasteiger partial charge is 0.458 e. The summed E-state index contributed by atoms with van der Waals surface area (Å²) in [5.41, 5.74) is 0.710. The fraction of sp³-hybridized carbons (Fsp3) is 0.182. The van der Waals surface area contributed by atoms with Gasteiger partial charge in [-0.1, -0.05) is 6.92 Å². The molecule has 4 heteroatoms. The zero-order valence-electron chi connectivity index (χ0n) is 8.12. The average molecular weight is 332 g/mol. The lowest BCUT2D eigenvalue weighted by Crippen LogP contribution is -1.96. The van der Waals surface area contributed by atoms with Crippen LogP contribution in [0.4, 0.5) is 0 Å². The maximum atomic E-state index is 11.9. The van der Waals surface area contributed by atoms with Crippen molar-refractivity contribution in [2.45, 2.75) is 13.3 Å². The van der Waals surface area contributed by atoms with Crippen molar-refractivity contribution >= 4 is 39.7 Å². The summed E-state index contributed by atoms with van der Waals surface area (Å²) in [6, 6.07) is 5.47. The number of ketones is 1. The van der Waals surface area contributed by atoms with Crippen LogP contribution in [0.2, 0.25) is 0 Å². The number of hydrogen-bond donors (Lipinski definition) is 0. The van der Waals surface area contributed by atoms with Crippen molar-refractivity contribution in [1.29, 1.82) is 0 Å². The topological polar surface area (TPSA) is 30.2 Å². The molecule has 0 radical (unpaired) electrons. The molecule has 2 nitrogen and oxygen atoms in total. The van der Waals surface area contributed by atoms with E-state index >= 15 is 0 Å². The predicted molar refractivity (Wildman–Crippen MR) is 68.6 cm³/mol. The van der Waals surface area contributed by atoms with Crippen LogP contribution in [0.25, 0.3) is 0 Å². The van der Waals surface area contributed by atoms with Gasteiger partial charge in [0.05, 0.1) is 2.88 Å². The van der Waals surface area contributed by atoms with Crippen LogP contribution < -0.4 is 0 Å². The monoisotopic (exact) mass is 332 g/mol. The van der Waals surface area contributed by atoms with Crippen LogP contribution in [0, 0.1) is 2.88 Å². The van der Waals surface area contributed by atoms with E-state index in [1.165, 1.54) is 0 Å². The second kappa shape index (κ2) is 4.49. The van der Waals surface area contributed by atoms with Crippen LogP contribution in [-0.2, 0) is 6.42 Å². The molecule has 2 aromatic heterocycles. The van der Waals surface area contributed by atoms with Crippen LogP contribution in [0.5, 0.6) is 0 Å². The van der Waals surface area contributed by atoms with Crippen molar-refractivity contribution in [2.24, 2.45) is 0 Å². The second-order valence-corrected chi connectivity index (χ2v) is 5.89. The molecule has 0 saturated heterocycles. The Hall–Kier alpha value is -0.620. The third kappa shape index (κ3) is 2.31. The first kappa shape index (κ1) is 10.9. The summed E-state index contributed by atoms with van der Waals surface area (Å²) in [5, 5.41) is 1.86. The lowest BCUT2D eigenvalue weighted by Gasteiger charge is -1.92. The average Bonchev–Trinajstić information content (AvgIpc) is 2.84. The van der Waals surface area contributed by atoms with Crippen LogP contribution in [0.15, 0.2) is 28.0 Å². The Morgan fingerprint density at radius 1 is 1.53 bits per heavy atom. The van der Waals surface area contributed by atoms with Gasteiger partial charge in [-0.25, -0.2) is 0 Å². The third-order valence-electron chi connectivity index (χ3n) is 2.06. The molecule has 2 rings (SSSR count). The van der Waals surface area contributed by atoms with E-state index in [1.807, 2.05) is 24.4 Å². The maximum Gasteiger partial charge on any atom is 0.229 e.